The van der Waals surface area contributed by atoms with Crippen LogP contribution in [0.2, 0.25) is 0 Å². The number of hydrogen-bond donors (Lipinski definition) is 10. The first-order valence-corrected chi connectivity index (χ1v) is 28.2. The van der Waals surface area contributed by atoms with Gasteiger partial charge in [-0.15, -0.1) is 0 Å². The lowest BCUT2D eigenvalue weighted by molar-refractivity contribution is -0.745. The summed E-state index contributed by atoms with van der Waals surface area (Å²) in [6.45, 7) is 4.32. The van der Waals surface area contributed by atoms with Crippen molar-refractivity contribution in [2.75, 3.05) is 43.4 Å². The molecule has 74 heavy (non-hydrogen) atoms. The summed E-state index contributed by atoms with van der Waals surface area (Å²) >= 11 is 0. The van der Waals surface area contributed by atoms with E-state index in [1.807, 2.05) is 26.0 Å². The van der Waals surface area contributed by atoms with E-state index in [1.54, 1.807) is 22.8 Å². The number of rotatable bonds is 24. The number of ether oxygens (including phenoxy) is 2. The number of phosphoric acid groups is 3. The van der Waals surface area contributed by atoms with E-state index in [1.165, 1.54) is 42.3 Å². The number of carbonyl (C=O) groups is 2. The highest BCUT2D eigenvalue weighted by Gasteiger charge is 2.51. The first kappa shape index (κ1) is 57.5. The lowest BCUT2D eigenvalue weighted by Crippen LogP contribution is -2.47. The van der Waals surface area contributed by atoms with E-state index in [-0.39, 0.29) is 53.6 Å². The molecule has 11 N–H and O–H groups in total. The second kappa shape index (κ2) is 23.8. The van der Waals surface area contributed by atoms with Crippen molar-refractivity contribution >= 4 is 91.5 Å². The fraction of sp³-hybridized carbons (Fsp3) is 0.425. The number of H-pyrrole nitrogens is 1. The van der Waals surface area contributed by atoms with Gasteiger partial charge in [0.25, 0.3) is 21.6 Å². The molecule has 0 saturated carbocycles. The topological polar surface area (TPSA) is 429 Å². The van der Waals surface area contributed by atoms with Crippen LogP contribution in [0.25, 0.3) is 34.3 Å². The van der Waals surface area contributed by atoms with Crippen LogP contribution in [0.3, 0.4) is 0 Å². The third-order valence-corrected chi connectivity index (χ3v) is 15.7. The first-order chi connectivity index (χ1) is 34.7. The van der Waals surface area contributed by atoms with E-state index in [9.17, 15) is 60.7 Å². The number of benzene rings is 1. The number of aliphatic hydroxyl groups is 1. The molecule has 0 bridgehead atoms. The van der Waals surface area contributed by atoms with Crippen molar-refractivity contribution in [3.8, 4) is 0 Å². The summed E-state index contributed by atoms with van der Waals surface area (Å²) in [6.07, 6.45) is -1.16. The Morgan fingerprint density at radius 1 is 0.986 bits per heavy atom. The second-order valence-electron chi connectivity index (χ2n) is 16.3. The highest BCUT2D eigenvalue weighted by molar-refractivity contribution is 7.85. The van der Waals surface area contributed by atoms with Crippen molar-refractivity contribution in [3.05, 3.63) is 81.0 Å². The van der Waals surface area contributed by atoms with Crippen LogP contribution in [-0.4, -0.2) is 115 Å². The number of aromatic nitrogens is 5. The van der Waals surface area contributed by atoms with Crippen LogP contribution in [0.15, 0.2) is 67.8 Å². The fourth-order valence-corrected chi connectivity index (χ4v) is 11.3. The Morgan fingerprint density at radius 3 is 2.39 bits per heavy atom. The zero-order valence-corrected chi connectivity index (χ0v) is 43.0. The quantitative estimate of drug-likeness (QED) is 0.0135. The molecule has 2 amide bonds. The molecule has 0 spiro atoms. The molecule has 0 aliphatic carbocycles. The third kappa shape index (κ3) is 15.2. The Bertz CT molecular complexity index is 3310. The lowest BCUT2D eigenvalue weighted by Gasteiger charge is -2.22. The number of aliphatic hydroxyl groups excluding tert-OH is 1. The molecule has 1 saturated heterocycles. The maximum absolute atomic E-state index is 13.0. The third-order valence-electron chi connectivity index (χ3n) is 11.1. The molecule has 1 aromatic carbocycles. The summed E-state index contributed by atoms with van der Waals surface area (Å²) in [5.41, 5.74) is 6.34. The van der Waals surface area contributed by atoms with Crippen LogP contribution in [0, 0.1) is 0 Å². The summed E-state index contributed by atoms with van der Waals surface area (Å²) in [5, 5.41) is 17.0. The van der Waals surface area contributed by atoms with Crippen molar-refractivity contribution in [2.45, 2.75) is 75.5 Å². The van der Waals surface area contributed by atoms with Crippen LogP contribution < -0.4 is 41.6 Å². The number of nitrogens with one attached hydrogen (secondary N) is 3. The number of aryl methyl sites for hydroxylation is 2. The van der Waals surface area contributed by atoms with Gasteiger partial charge in [0.15, 0.2) is 29.6 Å². The smallest absolute Gasteiger partial charge is 0.440 e. The summed E-state index contributed by atoms with van der Waals surface area (Å²) in [7, 11) is -20.5. The minimum Gasteiger partial charge on any atom is -0.440 e. The lowest BCUT2D eigenvalue weighted by atomic mass is 10.1. The maximum atomic E-state index is 13.0. The number of anilines is 2. The van der Waals surface area contributed by atoms with Gasteiger partial charge in [-0.1, -0.05) is 4.98 Å². The molecule has 30 nitrogen and oxygen atoms in total. The maximum Gasteiger partial charge on any atom is 0.490 e. The van der Waals surface area contributed by atoms with Gasteiger partial charge in [-0.25, -0.2) is 27.9 Å². The molecule has 1 aliphatic heterocycles. The largest absolute Gasteiger partial charge is 0.490 e. The van der Waals surface area contributed by atoms with Gasteiger partial charge in [-0.05, 0) is 57.0 Å². The van der Waals surface area contributed by atoms with E-state index < -0.39 is 87.9 Å². The molecule has 6 atom stereocenters. The van der Waals surface area contributed by atoms with E-state index in [2.05, 4.69) is 38.6 Å². The van der Waals surface area contributed by atoms with Crippen molar-refractivity contribution in [1.82, 2.24) is 25.2 Å². The number of amides is 2. The average Bonchev–Trinajstić information content (AvgIpc) is 3.79. The normalized spacial score (nSPS) is 18.9. The van der Waals surface area contributed by atoms with Crippen LogP contribution in [0.1, 0.15) is 57.0 Å². The van der Waals surface area contributed by atoms with Crippen molar-refractivity contribution in [1.29, 1.82) is 0 Å². The van der Waals surface area contributed by atoms with E-state index in [0.717, 1.165) is 23.3 Å². The number of nitrogens with two attached hydrogens (primary N) is 1. The Hall–Kier alpha value is -5.75. The second-order valence-corrected chi connectivity index (χ2v) is 22.2. The minimum atomic E-state index is -5.93. The average molecular weight is 1120 g/mol. The predicted molar refractivity (Wildman–Crippen MR) is 257 cm³/mol. The summed E-state index contributed by atoms with van der Waals surface area (Å²) in [6, 6.07) is 9.96. The molecule has 1 fully saturated rings. The van der Waals surface area contributed by atoms with Crippen LogP contribution >= 0.6 is 23.5 Å². The SMILES string of the molecule is CCN(CC)c1ccc2cc(/C=C/c3ccc(S(=O)(=O)O)c[n+]3CCCCCC(=O)NCCNC(=O)O[C@H]3[C@@H](O)[C@H]([n+]4cn(C)c5c(=O)[nH]c(N)nc54)O[C@@H]3COP(=O)(O)OP(=O)(O)OP(=O)(O)O)c(=O)oc2c1. The number of alkyl carbamates (subject to hydrolysis) is 1. The van der Waals surface area contributed by atoms with Gasteiger partial charge in [-0.2, -0.15) is 21.6 Å². The van der Waals surface area contributed by atoms with E-state index >= 15 is 0 Å². The van der Waals surface area contributed by atoms with Gasteiger partial charge < -0.3 is 59.8 Å². The Balaban J connectivity index is 1.01. The van der Waals surface area contributed by atoms with Gasteiger partial charge in [0.05, 0.1) is 19.2 Å². The number of imidazole rings is 1. The number of nitrogens with zero attached hydrogens (tertiary/aromatic N) is 5. The molecule has 404 valence electrons. The van der Waals surface area contributed by atoms with Gasteiger partial charge in [0.1, 0.15) is 18.2 Å². The highest BCUT2D eigenvalue weighted by Crippen LogP contribution is 2.66. The molecule has 4 aromatic heterocycles. The zero-order valence-electron chi connectivity index (χ0n) is 39.5. The molecular weight excluding hydrogens is 1070 g/mol. The summed E-state index contributed by atoms with van der Waals surface area (Å²) in [5.74, 6) is -0.739. The number of phosphoric ester groups is 1. The molecule has 5 heterocycles. The summed E-state index contributed by atoms with van der Waals surface area (Å²) in [4.78, 5) is 96.6. The number of fused-ring (bicyclic) bond motifs is 2. The highest BCUT2D eigenvalue weighted by atomic mass is 32.2. The van der Waals surface area contributed by atoms with Gasteiger partial charge in [-0.3, -0.25) is 28.2 Å². The number of unbranched alkanes of at least 4 members (excludes halogenated alkanes) is 2. The molecule has 0 radical (unpaired) electrons. The summed E-state index contributed by atoms with van der Waals surface area (Å²) < 4.78 is 102. The van der Waals surface area contributed by atoms with Crippen molar-refractivity contribution in [3.63, 3.8) is 0 Å². The molecule has 2 unspecified atom stereocenters. The van der Waals surface area contributed by atoms with E-state index in [4.69, 9.17) is 29.4 Å². The first-order valence-electron chi connectivity index (χ1n) is 22.3. The van der Waals surface area contributed by atoms with Gasteiger partial charge in [0.2, 0.25) is 23.3 Å². The zero-order chi connectivity index (χ0) is 54.3. The van der Waals surface area contributed by atoms with Crippen LogP contribution in [-0.2, 0) is 64.8 Å². The molecular formula is C40H54N9O21P3S+2. The van der Waals surface area contributed by atoms with Crippen LogP contribution in [0.5, 0.6) is 0 Å². The minimum absolute atomic E-state index is 0.0452. The standard InChI is InChI=1S/C40H52N9O21P3S/c1-4-47(5-2)27-13-10-24-19-25(38(53)67-29(24)20-27)11-12-26-14-15-28(74(62,63)64)21-48(26)18-8-6-7-9-31(50)42-16-17-43-40(54)68-34-30(22-65-72(58,59)70-73(60,61)69-71(55,56)57)66-37(33(34)51)49-23-46(3)32-35(49)44-39(41)45-36(32)52/h10-15,19-21,23,30,33-34,37,51H,4-9,16-18,22H2,1-3H3,(H8-2,41,42,43,44,45,50,52,54,55,56,57,58,59,60,61,62,63,64)/p+2/t30-,33-,34-,37-/m1/s1. The molecule has 34 heteroatoms. The number of carbonyl (C=O) groups excluding carboxylic acids is 2. The Morgan fingerprint density at radius 2 is 1.70 bits per heavy atom. The number of pyridine rings is 1. The Labute approximate surface area is 419 Å². The van der Waals surface area contributed by atoms with Crippen molar-refractivity contribution < 1.29 is 97.1 Å². The van der Waals surface area contributed by atoms with Gasteiger partial charge in [0, 0.05) is 68.3 Å². The monoisotopic (exact) mass is 1120 g/mol. The van der Waals surface area contributed by atoms with Gasteiger partial charge >= 0.3 is 40.8 Å². The number of hydrogen-bond acceptors (Lipinski definition) is 19. The Kier molecular flexibility index (Phi) is 18.5. The van der Waals surface area contributed by atoms with E-state index in [0.29, 0.717) is 35.9 Å². The molecule has 6 rings (SSSR count). The predicted octanol–water partition coefficient (Wildman–Crippen LogP) is 0.862. The molecule has 1 aliphatic rings. The fourth-order valence-electron chi connectivity index (χ4n) is 7.74. The molecule has 5 aromatic rings. The van der Waals surface area contributed by atoms with Crippen LogP contribution in [0.4, 0.5) is 16.4 Å². The number of aromatic amines is 1. The number of nitrogen functional groups attached to an aromatic ring is 1. The van der Waals surface area contributed by atoms with Crippen molar-refractivity contribution in [2.24, 2.45) is 7.05 Å².